The number of piperidine rings is 1. The van der Waals surface area contributed by atoms with Crippen LogP contribution in [-0.4, -0.2) is 37.0 Å². The van der Waals surface area contributed by atoms with Crippen molar-refractivity contribution in [2.24, 2.45) is 22.6 Å². The van der Waals surface area contributed by atoms with Gasteiger partial charge in [0.15, 0.2) is 5.96 Å². The van der Waals surface area contributed by atoms with Crippen LogP contribution in [0.3, 0.4) is 0 Å². The fourth-order valence-corrected chi connectivity index (χ4v) is 3.07. The summed E-state index contributed by atoms with van der Waals surface area (Å²) in [5, 5.41) is 3.21. The third-order valence-electron chi connectivity index (χ3n) is 5.03. The third-order valence-corrected chi connectivity index (χ3v) is 5.03. The minimum atomic E-state index is 0.528. The Kier molecular flexibility index (Phi) is 7.10. The van der Waals surface area contributed by atoms with E-state index in [1.54, 1.807) is 0 Å². The molecule has 4 nitrogen and oxygen atoms in total. The molecule has 0 spiro atoms. The molecule has 1 aliphatic rings. The van der Waals surface area contributed by atoms with Crippen LogP contribution >= 0.6 is 0 Å². The first kappa shape index (κ1) is 18.8. The average Bonchev–Trinajstić information content (AvgIpc) is 2.55. The van der Waals surface area contributed by atoms with E-state index in [9.17, 15) is 0 Å². The molecular weight excluding hydrogens is 296 g/mol. The average molecular weight is 331 g/mol. The van der Waals surface area contributed by atoms with Crippen LogP contribution in [-0.2, 0) is 0 Å². The maximum absolute atomic E-state index is 6.05. The Morgan fingerprint density at radius 2 is 1.96 bits per heavy atom. The summed E-state index contributed by atoms with van der Waals surface area (Å²) in [6.07, 6.45) is 3.77. The van der Waals surface area contributed by atoms with Crippen molar-refractivity contribution < 1.29 is 0 Å². The van der Waals surface area contributed by atoms with Crippen LogP contribution in [0.2, 0.25) is 0 Å². The summed E-state index contributed by atoms with van der Waals surface area (Å²) in [5.74, 6) is 1.99. The fourth-order valence-electron chi connectivity index (χ4n) is 3.07. The topological polar surface area (TPSA) is 53.6 Å². The maximum Gasteiger partial charge on any atom is 0.193 e. The number of nitrogens with one attached hydrogen (secondary N) is 1. The predicted octanol–water partition coefficient (Wildman–Crippen LogP) is 3.79. The van der Waals surface area contributed by atoms with Gasteiger partial charge in [0.05, 0.1) is 0 Å². The molecule has 1 aromatic rings. The van der Waals surface area contributed by atoms with Gasteiger partial charge >= 0.3 is 0 Å². The summed E-state index contributed by atoms with van der Waals surface area (Å²) in [7, 11) is 0. The number of aryl methyl sites for hydroxylation is 2. The van der Waals surface area contributed by atoms with Gasteiger partial charge in [0.2, 0.25) is 0 Å². The molecule has 2 rings (SSSR count). The molecule has 1 aliphatic heterocycles. The monoisotopic (exact) mass is 330 g/mol. The molecule has 0 bridgehead atoms. The molecule has 0 atom stereocenters. The Hall–Kier alpha value is -1.55. The largest absolute Gasteiger partial charge is 0.370 e. The molecule has 0 unspecified atom stereocenters. The maximum atomic E-state index is 6.05. The summed E-state index contributed by atoms with van der Waals surface area (Å²) in [4.78, 5) is 7.15. The number of benzene rings is 1. The van der Waals surface area contributed by atoms with Crippen molar-refractivity contribution in [3.05, 3.63) is 29.3 Å². The molecule has 1 heterocycles. The van der Waals surface area contributed by atoms with Gasteiger partial charge in [-0.15, -0.1) is 0 Å². The highest BCUT2D eigenvalue weighted by molar-refractivity contribution is 5.92. The summed E-state index contributed by atoms with van der Waals surface area (Å²) in [5.41, 5.74) is 9.62. The van der Waals surface area contributed by atoms with Gasteiger partial charge in [0, 0.05) is 12.2 Å². The lowest BCUT2D eigenvalue weighted by atomic mass is 9.96. The molecule has 134 valence electrons. The standard InChI is InChI=1S/C20H34N4/c1-15(2)7-10-24-11-8-18(9-12-24)14-22-20(21)23-19-6-5-16(3)17(4)13-19/h5-6,13,15,18H,7-12,14H2,1-4H3,(H3,21,22,23). The second kappa shape index (κ2) is 9.07. The molecule has 24 heavy (non-hydrogen) atoms. The quantitative estimate of drug-likeness (QED) is 0.616. The van der Waals surface area contributed by atoms with Gasteiger partial charge in [-0.2, -0.15) is 0 Å². The Labute approximate surface area is 147 Å². The number of likely N-dealkylation sites (tertiary alicyclic amines) is 1. The van der Waals surface area contributed by atoms with E-state index >= 15 is 0 Å². The lowest BCUT2D eigenvalue weighted by Gasteiger charge is -2.31. The second-order valence-corrected chi connectivity index (χ2v) is 7.62. The van der Waals surface area contributed by atoms with E-state index in [4.69, 9.17) is 5.73 Å². The summed E-state index contributed by atoms with van der Waals surface area (Å²) < 4.78 is 0. The van der Waals surface area contributed by atoms with E-state index in [0.29, 0.717) is 11.9 Å². The lowest BCUT2D eigenvalue weighted by molar-refractivity contribution is 0.180. The van der Waals surface area contributed by atoms with Crippen molar-refractivity contribution in [2.75, 3.05) is 31.5 Å². The minimum Gasteiger partial charge on any atom is -0.370 e. The third kappa shape index (κ3) is 6.16. The van der Waals surface area contributed by atoms with Crippen molar-refractivity contribution in [1.82, 2.24) is 4.90 Å². The molecule has 3 N–H and O–H groups in total. The molecule has 4 heteroatoms. The van der Waals surface area contributed by atoms with E-state index in [-0.39, 0.29) is 0 Å². The molecule has 1 saturated heterocycles. The Bertz CT molecular complexity index is 543. The predicted molar refractivity (Wildman–Crippen MR) is 105 cm³/mol. The van der Waals surface area contributed by atoms with Gasteiger partial charge in [-0.3, -0.25) is 4.99 Å². The minimum absolute atomic E-state index is 0.528. The zero-order valence-electron chi connectivity index (χ0n) is 15.8. The van der Waals surface area contributed by atoms with Crippen molar-refractivity contribution in [2.45, 2.75) is 47.0 Å². The number of anilines is 1. The molecular formula is C20H34N4. The van der Waals surface area contributed by atoms with Gasteiger partial charge in [-0.05, 0) is 87.8 Å². The highest BCUT2D eigenvalue weighted by Crippen LogP contribution is 2.19. The van der Waals surface area contributed by atoms with Crippen LogP contribution in [0, 0.1) is 25.7 Å². The Morgan fingerprint density at radius 3 is 2.58 bits per heavy atom. The highest BCUT2D eigenvalue weighted by atomic mass is 15.1. The first-order valence-corrected chi connectivity index (χ1v) is 9.30. The van der Waals surface area contributed by atoms with Gasteiger partial charge < -0.3 is 16.0 Å². The second-order valence-electron chi connectivity index (χ2n) is 7.62. The van der Waals surface area contributed by atoms with Crippen molar-refractivity contribution in [1.29, 1.82) is 0 Å². The van der Waals surface area contributed by atoms with Crippen LogP contribution in [0.5, 0.6) is 0 Å². The van der Waals surface area contributed by atoms with E-state index < -0.39 is 0 Å². The van der Waals surface area contributed by atoms with Crippen molar-refractivity contribution >= 4 is 11.6 Å². The van der Waals surface area contributed by atoms with E-state index in [0.717, 1.165) is 18.2 Å². The first-order chi connectivity index (χ1) is 11.4. The van der Waals surface area contributed by atoms with E-state index in [1.807, 2.05) is 0 Å². The zero-order chi connectivity index (χ0) is 17.5. The Morgan fingerprint density at radius 1 is 1.25 bits per heavy atom. The number of aliphatic imine (C=N–C) groups is 1. The first-order valence-electron chi connectivity index (χ1n) is 9.30. The SMILES string of the molecule is Cc1ccc(NC(N)=NCC2CCN(CCC(C)C)CC2)cc1C. The number of guanidine groups is 1. The number of nitrogens with two attached hydrogens (primary N) is 1. The van der Waals surface area contributed by atoms with Crippen LogP contribution < -0.4 is 11.1 Å². The van der Waals surface area contributed by atoms with Gasteiger partial charge in [0.1, 0.15) is 0 Å². The number of nitrogens with zero attached hydrogens (tertiary/aromatic N) is 2. The van der Waals surface area contributed by atoms with Crippen LogP contribution in [0.4, 0.5) is 5.69 Å². The Balaban J connectivity index is 1.74. The smallest absolute Gasteiger partial charge is 0.193 e. The lowest BCUT2D eigenvalue weighted by Crippen LogP contribution is -2.36. The molecule has 1 aromatic carbocycles. The van der Waals surface area contributed by atoms with Gasteiger partial charge in [-0.25, -0.2) is 0 Å². The van der Waals surface area contributed by atoms with Crippen LogP contribution in [0.25, 0.3) is 0 Å². The molecule has 1 fully saturated rings. The van der Waals surface area contributed by atoms with Gasteiger partial charge in [0.25, 0.3) is 0 Å². The molecule has 0 aromatic heterocycles. The van der Waals surface area contributed by atoms with E-state index in [1.165, 1.54) is 50.0 Å². The number of hydrogen-bond acceptors (Lipinski definition) is 2. The fraction of sp³-hybridized carbons (Fsp3) is 0.650. The van der Waals surface area contributed by atoms with Crippen molar-refractivity contribution in [3.8, 4) is 0 Å². The van der Waals surface area contributed by atoms with E-state index in [2.05, 4.69) is 61.1 Å². The van der Waals surface area contributed by atoms with Gasteiger partial charge in [-0.1, -0.05) is 19.9 Å². The van der Waals surface area contributed by atoms with Crippen LogP contribution in [0.1, 0.15) is 44.2 Å². The summed E-state index contributed by atoms with van der Waals surface area (Å²) in [6.45, 7) is 13.3. The zero-order valence-corrected chi connectivity index (χ0v) is 15.8. The number of rotatable bonds is 6. The molecule has 0 aliphatic carbocycles. The highest BCUT2D eigenvalue weighted by Gasteiger charge is 2.18. The number of hydrogen-bond donors (Lipinski definition) is 2. The van der Waals surface area contributed by atoms with Crippen LogP contribution in [0.15, 0.2) is 23.2 Å². The molecule has 0 amide bonds. The normalized spacial score (nSPS) is 17.5. The van der Waals surface area contributed by atoms with Crippen molar-refractivity contribution in [3.63, 3.8) is 0 Å². The molecule has 0 radical (unpaired) electrons. The summed E-state index contributed by atoms with van der Waals surface area (Å²) in [6, 6.07) is 6.28. The summed E-state index contributed by atoms with van der Waals surface area (Å²) >= 11 is 0. The molecule has 0 saturated carbocycles.